The fourth-order valence-corrected chi connectivity index (χ4v) is 2.54. The predicted molar refractivity (Wildman–Crippen MR) is 76.1 cm³/mol. The molecule has 2 aromatic rings. The smallest absolute Gasteiger partial charge is 0.130 e. The summed E-state index contributed by atoms with van der Waals surface area (Å²) in [7, 11) is 0. The molecule has 1 N–H and O–H groups in total. The summed E-state index contributed by atoms with van der Waals surface area (Å²) in [6.07, 6.45) is 1.63. The summed E-state index contributed by atoms with van der Waals surface area (Å²) in [6, 6.07) is 7.87. The molecule has 1 aromatic heterocycles. The predicted octanol–water partition coefficient (Wildman–Crippen LogP) is 4.86. The zero-order chi connectivity index (χ0) is 12.4. The molecular formula is C13H12BrClN2. The van der Waals surface area contributed by atoms with Gasteiger partial charge in [0.1, 0.15) is 5.82 Å². The second kappa shape index (κ2) is 5.07. The van der Waals surface area contributed by atoms with Crippen LogP contribution in [0.3, 0.4) is 0 Å². The number of hydrogen-bond donors (Lipinski definition) is 1. The van der Waals surface area contributed by atoms with E-state index in [-0.39, 0.29) is 0 Å². The minimum atomic E-state index is 0.634. The van der Waals surface area contributed by atoms with E-state index in [9.17, 15) is 0 Å². The molecule has 0 aliphatic carbocycles. The monoisotopic (exact) mass is 310 g/mol. The molecule has 17 heavy (non-hydrogen) atoms. The number of aromatic nitrogens is 1. The van der Waals surface area contributed by atoms with Crippen LogP contribution in [0.2, 0.25) is 5.02 Å². The number of benzene rings is 1. The normalized spacial score (nSPS) is 10.4. The molecule has 0 atom stereocenters. The van der Waals surface area contributed by atoms with Gasteiger partial charge in [-0.25, -0.2) is 4.98 Å². The SMILES string of the molecule is Cc1cc(C)c(Nc2ccc(Cl)cn2)c(Br)c1. The molecule has 0 saturated heterocycles. The Balaban J connectivity index is 2.33. The lowest BCUT2D eigenvalue weighted by atomic mass is 10.1. The molecule has 2 rings (SSSR count). The summed E-state index contributed by atoms with van der Waals surface area (Å²) in [6.45, 7) is 4.14. The maximum atomic E-state index is 5.80. The van der Waals surface area contributed by atoms with Crippen LogP contribution in [0.1, 0.15) is 11.1 Å². The third-order valence-corrected chi connectivity index (χ3v) is 3.26. The first-order valence-electron chi connectivity index (χ1n) is 5.21. The average Bonchev–Trinajstić information content (AvgIpc) is 2.26. The first-order valence-corrected chi connectivity index (χ1v) is 6.38. The standard InChI is InChI=1S/C13H12BrClN2/c1-8-5-9(2)13(11(14)6-8)17-12-4-3-10(15)7-16-12/h3-7H,1-2H3,(H,16,17). The number of nitrogens with zero attached hydrogens (tertiary/aromatic N) is 1. The summed E-state index contributed by atoms with van der Waals surface area (Å²) in [5.74, 6) is 0.780. The van der Waals surface area contributed by atoms with E-state index >= 15 is 0 Å². The quantitative estimate of drug-likeness (QED) is 0.857. The van der Waals surface area contributed by atoms with Gasteiger partial charge in [-0.2, -0.15) is 0 Å². The van der Waals surface area contributed by atoms with Crippen LogP contribution < -0.4 is 5.32 Å². The van der Waals surface area contributed by atoms with Gasteiger partial charge in [-0.15, -0.1) is 0 Å². The summed E-state index contributed by atoms with van der Waals surface area (Å²) in [4.78, 5) is 4.21. The molecule has 0 unspecified atom stereocenters. The zero-order valence-corrected chi connectivity index (χ0v) is 11.9. The number of halogens is 2. The highest BCUT2D eigenvalue weighted by molar-refractivity contribution is 9.10. The molecule has 0 spiro atoms. The van der Waals surface area contributed by atoms with Crippen molar-refractivity contribution >= 4 is 39.0 Å². The number of pyridine rings is 1. The van der Waals surface area contributed by atoms with Gasteiger partial charge in [0.2, 0.25) is 0 Å². The summed E-state index contributed by atoms with van der Waals surface area (Å²) < 4.78 is 1.03. The van der Waals surface area contributed by atoms with Crippen LogP contribution in [0.4, 0.5) is 11.5 Å². The Morgan fingerprint density at radius 2 is 2.00 bits per heavy atom. The fourth-order valence-electron chi connectivity index (χ4n) is 1.65. The van der Waals surface area contributed by atoms with Crippen molar-refractivity contribution in [2.24, 2.45) is 0 Å². The van der Waals surface area contributed by atoms with Gasteiger partial charge >= 0.3 is 0 Å². The Bertz CT molecular complexity index is 515. The maximum absolute atomic E-state index is 5.80. The molecule has 0 bridgehead atoms. The summed E-state index contributed by atoms with van der Waals surface area (Å²) in [5, 5.41) is 3.91. The number of anilines is 2. The van der Waals surface area contributed by atoms with E-state index in [1.54, 1.807) is 6.20 Å². The van der Waals surface area contributed by atoms with Crippen molar-refractivity contribution in [3.63, 3.8) is 0 Å². The highest BCUT2D eigenvalue weighted by Crippen LogP contribution is 2.30. The molecule has 0 fully saturated rings. The minimum Gasteiger partial charge on any atom is -0.339 e. The van der Waals surface area contributed by atoms with Crippen LogP contribution in [0.15, 0.2) is 34.9 Å². The molecule has 1 aromatic carbocycles. The number of hydrogen-bond acceptors (Lipinski definition) is 2. The topological polar surface area (TPSA) is 24.9 Å². The van der Waals surface area contributed by atoms with Crippen molar-refractivity contribution in [3.05, 3.63) is 51.1 Å². The van der Waals surface area contributed by atoms with E-state index in [1.807, 2.05) is 12.1 Å². The molecule has 0 radical (unpaired) electrons. The van der Waals surface area contributed by atoms with Crippen LogP contribution in [-0.2, 0) is 0 Å². The van der Waals surface area contributed by atoms with E-state index < -0.39 is 0 Å². The second-order valence-corrected chi connectivity index (χ2v) is 5.22. The second-order valence-electron chi connectivity index (χ2n) is 3.93. The Hall–Kier alpha value is -1.06. The van der Waals surface area contributed by atoms with Crippen molar-refractivity contribution in [3.8, 4) is 0 Å². The summed E-state index contributed by atoms with van der Waals surface area (Å²) >= 11 is 9.35. The average molecular weight is 312 g/mol. The lowest BCUT2D eigenvalue weighted by molar-refractivity contribution is 1.28. The Labute approximate surface area is 114 Å². The van der Waals surface area contributed by atoms with Crippen LogP contribution in [0.25, 0.3) is 0 Å². The van der Waals surface area contributed by atoms with E-state index in [0.717, 1.165) is 16.0 Å². The Morgan fingerprint density at radius 1 is 1.24 bits per heavy atom. The minimum absolute atomic E-state index is 0.634. The van der Waals surface area contributed by atoms with E-state index in [4.69, 9.17) is 11.6 Å². The third-order valence-electron chi connectivity index (χ3n) is 2.41. The van der Waals surface area contributed by atoms with Crippen molar-refractivity contribution in [2.75, 3.05) is 5.32 Å². The van der Waals surface area contributed by atoms with Crippen molar-refractivity contribution in [1.82, 2.24) is 4.98 Å². The molecule has 88 valence electrons. The maximum Gasteiger partial charge on any atom is 0.130 e. The van der Waals surface area contributed by atoms with E-state index in [1.165, 1.54) is 11.1 Å². The third kappa shape index (κ3) is 2.99. The van der Waals surface area contributed by atoms with Gasteiger partial charge in [0.05, 0.1) is 10.7 Å². The van der Waals surface area contributed by atoms with E-state index in [2.05, 4.69) is 52.2 Å². The molecule has 2 nitrogen and oxygen atoms in total. The summed E-state index contributed by atoms with van der Waals surface area (Å²) in [5.41, 5.74) is 3.43. The Kier molecular flexibility index (Phi) is 3.69. The molecule has 4 heteroatoms. The number of aryl methyl sites for hydroxylation is 2. The van der Waals surface area contributed by atoms with Crippen LogP contribution >= 0.6 is 27.5 Å². The van der Waals surface area contributed by atoms with Gasteiger partial charge in [-0.05, 0) is 59.1 Å². The molecule has 0 aliphatic heterocycles. The molecule has 0 saturated carbocycles. The van der Waals surface area contributed by atoms with Crippen LogP contribution in [0.5, 0.6) is 0 Å². The van der Waals surface area contributed by atoms with E-state index in [0.29, 0.717) is 5.02 Å². The molecular weight excluding hydrogens is 300 g/mol. The first-order chi connectivity index (χ1) is 8.06. The van der Waals surface area contributed by atoms with Gasteiger partial charge in [0, 0.05) is 10.7 Å². The van der Waals surface area contributed by atoms with Gasteiger partial charge < -0.3 is 5.32 Å². The van der Waals surface area contributed by atoms with Gasteiger partial charge in [-0.3, -0.25) is 0 Å². The largest absolute Gasteiger partial charge is 0.339 e. The molecule has 0 amide bonds. The van der Waals surface area contributed by atoms with Crippen molar-refractivity contribution in [2.45, 2.75) is 13.8 Å². The fraction of sp³-hybridized carbons (Fsp3) is 0.154. The first kappa shape index (κ1) is 12.4. The molecule has 1 heterocycles. The lowest BCUT2D eigenvalue weighted by Gasteiger charge is -2.12. The van der Waals surface area contributed by atoms with Crippen LogP contribution in [0, 0.1) is 13.8 Å². The highest BCUT2D eigenvalue weighted by Gasteiger charge is 2.05. The molecule has 0 aliphatic rings. The number of nitrogens with one attached hydrogen (secondary N) is 1. The van der Waals surface area contributed by atoms with Crippen LogP contribution in [-0.4, -0.2) is 4.98 Å². The zero-order valence-electron chi connectivity index (χ0n) is 9.59. The van der Waals surface area contributed by atoms with Crippen molar-refractivity contribution in [1.29, 1.82) is 0 Å². The number of rotatable bonds is 2. The van der Waals surface area contributed by atoms with Gasteiger partial charge in [0.25, 0.3) is 0 Å². The lowest BCUT2D eigenvalue weighted by Crippen LogP contribution is -1.97. The Morgan fingerprint density at radius 3 is 2.59 bits per heavy atom. The highest BCUT2D eigenvalue weighted by atomic mass is 79.9. The van der Waals surface area contributed by atoms with Gasteiger partial charge in [-0.1, -0.05) is 17.7 Å². The van der Waals surface area contributed by atoms with Crippen molar-refractivity contribution < 1.29 is 0 Å². The van der Waals surface area contributed by atoms with Gasteiger partial charge in [0.15, 0.2) is 0 Å².